The van der Waals surface area contributed by atoms with E-state index >= 15 is 0 Å². The topological polar surface area (TPSA) is 90.0 Å². The second-order valence-corrected chi connectivity index (χ2v) is 5.05. The van der Waals surface area contributed by atoms with Crippen molar-refractivity contribution in [1.29, 1.82) is 0 Å². The number of amides is 3. The largest absolute Gasteiger partial charge is 0.480 e. The maximum Gasteiger partial charge on any atom is 0.323 e. The Morgan fingerprint density at radius 3 is 2.65 bits per heavy atom. The molecule has 0 aromatic rings. The summed E-state index contributed by atoms with van der Waals surface area (Å²) in [5.74, 6) is 1.01. The highest BCUT2D eigenvalue weighted by molar-refractivity contribution is 5.85. The van der Waals surface area contributed by atoms with Crippen molar-refractivity contribution < 1.29 is 19.5 Å². The first kappa shape index (κ1) is 15.8. The molecule has 0 aromatic carbocycles. The lowest BCUT2D eigenvalue weighted by Crippen LogP contribution is -2.46. The summed E-state index contributed by atoms with van der Waals surface area (Å²) in [6.07, 6.45) is 5.68. The molecule has 3 amide bonds. The number of nitrogens with zero attached hydrogens (tertiary/aromatic N) is 2. The zero-order valence-electron chi connectivity index (χ0n) is 11.7. The van der Waals surface area contributed by atoms with E-state index in [1.165, 1.54) is 4.90 Å². The van der Waals surface area contributed by atoms with Crippen molar-refractivity contribution in [2.75, 3.05) is 33.2 Å². The molecule has 0 saturated carbocycles. The minimum atomic E-state index is -1.12. The van der Waals surface area contributed by atoms with Crippen molar-refractivity contribution in [3.05, 3.63) is 0 Å². The molecule has 1 aliphatic rings. The Balaban J connectivity index is 2.75. The van der Waals surface area contributed by atoms with Crippen LogP contribution in [-0.2, 0) is 9.59 Å². The van der Waals surface area contributed by atoms with Crippen LogP contribution in [0.1, 0.15) is 13.3 Å². The lowest BCUT2D eigenvalue weighted by Gasteiger charge is -2.27. The number of aliphatic carboxylic acids is 1. The molecule has 0 bridgehead atoms. The third kappa shape index (κ3) is 3.41. The Labute approximate surface area is 117 Å². The Bertz CT molecular complexity index is 457. The fraction of sp³-hybridized carbons (Fsp3) is 0.615. The summed E-state index contributed by atoms with van der Waals surface area (Å²) < 4.78 is 0. The van der Waals surface area contributed by atoms with Crippen LogP contribution in [0.5, 0.6) is 0 Å². The molecule has 0 aliphatic carbocycles. The van der Waals surface area contributed by atoms with Gasteiger partial charge in [-0.15, -0.1) is 6.42 Å². The van der Waals surface area contributed by atoms with Gasteiger partial charge in [-0.25, -0.2) is 4.79 Å². The molecule has 2 N–H and O–H groups in total. The molecule has 1 heterocycles. The molecule has 20 heavy (non-hydrogen) atoms. The average molecular weight is 281 g/mol. The van der Waals surface area contributed by atoms with Gasteiger partial charge in [0.05, 0.1) is 12.0 Å². The number of rotatable bonds is 4. The maximum atomic E-state index is 12.2. The number of hydrogen-bond donors (Lipinski definition) is 2. The zero-order valence-corrected chi connectivity index (χ0v) is 11.7. The summed E-state index contributed by atoms with van der Waals surface area (Å²) in [7, 11) is 1.55. The van der Waals surface area contributed by atoms with E-state index in [2.05, 4.69) is 11.2 Å². The predicted molar refractivity (Wildman–Crippen MR) is 71.8 cm³/mol. The van der Waals surface area contributed by atoms with Crippen LogP contribution in [0.2, 0.25) is 0 Å². The van der Waals surface area contributed by atoms with Crippen LogP contribution in [0.25, 0.3) is 0 Å². The van der Waals surface area contributed by atoms with Gasteiger partial charge in [0.15, 0.2) is 0 Å². The number of likely N-dealkylation sites (tertiary alicyclic amines) is 1. The van der Waals surface area contributed by atoms with Gasteiger partial charge in [0.1, 0.15) is 6.54 Å². The van der Waals surface area contributed by atoms with Gasteiger partial charge in [-0.3, -0.25) is 9.59 Å². The van der Waals surface area contributed by atoms with Crippen molar-refractivity contribution in [1.82, 2.24) is 15.1 Å². The zero-order chi connectivity index (χ0) is 15.3. The SMILES string of the molecule is C#CCN(CC(=O)O)C(=O)N1CCC(C)(C(=O)NC)C1. The lowest BCUT2D eigenvalue weighted by atomic mass is 9.89. The van der Waals surface area contributed by atoms with Crippen LogP contribution >= 0.6 is 0 Å². The van der Waals surface area contributed by atoms with E-state index in [0.717, 1.165) is 4.90 Å². The summed E-state index contributed by atoms with van der Waals surface area (Å²) in [4.78, 5) is 37.3. The van der Waals surface area contributed by atoms with Crippen LogP contribution in [0.15, 0.2) is 0 Å². The van der Waals surface area contributed by atoms with E-state index in [1.54, 1.807) is 14.0 Å². The second-order valence-electron chi connectivity index (χ2n) is 5.05. The van der Waals surface area contributed by atoms with Crippen LogP contribution in [0.3, 0.4) is 0 Å². The molecule has 1 unspecified atom stereocenters. The minimum Gasteiger partial charge on any atom is -0.480 e. The first-order chi connectivity index (χ1) is 9.34. The lowest BCUT2D eigenvalue weighted by molar-refractivity contribution is -0.137. The molecule has 1 rings (SSSR count). The highest BCUT2D eigenvalue weighted by atomic mass is 16.4. The van der Waals surface area contributed by atoms with E-state index in [1.807, 2.05) is 0 Å². The average Bonchev–Trinajstić information content (AvgIpc) is 2.80. The molecule has 110 valence electrons. The number of carboxylic acids is 1. The molecule has 1 aliphatic heterocycles. The first-order valence-electron chi connectivity index (χ1n) is 6.25. The summed E-state index contributed by atoms with van der Waals surface area (Å²) >= 11 is 0. The second kappa shape index (κ2) is 6.28. The monoisotopic (exact) mass is 281 g/mol. The number of carbonyl (C=O) groups excluding carboxylic acids is 2. The smallest absolute Gasteiger partial charge is 0.323 e. The Morgan fingerprint density at radius 2 is 2.15 bits per heavy atom. The van der Waals surface area contributed by atoms with Crippen molar-refractivity contribution in [3.8, 4) is 12.3 Å². The third-order valence-corrected chi connectivity index (χ3v) is 3.40. The van der Waals surface area contributed by atoms with Gasteiger partial charge in [0.2, 0.25) is 5.91 Å². The fourth-order valence-corrected chi connectivity index (χ4v) is 2.28. The molecular formula is C13H19N3O4. The van der Waals surface area contributed by atoms with Crippen LogP contribution < -0.4 is 5.32 Å². The van der Waals surface area contributed by atoms with Crippen molar-refractivity contribution >= 4 is 17.9 Å². The van der Waals surface area contributed by atoms with Crippen molar-refractivity contribution in [2.24, 2.45) is 5.41 Å². The maximum absolute atomic E-state index is 12.2. The Morgan fingerprint density at radius 1 is 1.50 bits per heavy atom. The molecule has 1 fully saturated rings. The normalized spacial score (nSPS) is 21.1. The third-order valence-electron chi connectivity index (χ3n) is 3.40. The standard InChI is InChI=1S/C13H19N3O4/c1-4-6-15(8-10(17)18)12(20)16-7-5-13(2,9-16)11(19)14-3/h1H,5-9H2,2-3H3,(H,14,19)(H,17,18). The number of carboxylic acid groups (broad SMARTS) is 1. The van der Waals surface area contributed by atoms with Gasteiger partial charge < -0.3 is 20.2 Å². The molecule has 7 nitrogen and oxygen atoms in total. The van der Waals surface area contributed by atoms with Crippen molar-refractivity contribution in [3.63, 3.8) is 0 Å². The Hall–Kier alpha value is -2.23. The summed E-state index contributed by atoms with van der Waals surface area (Å²) in [6, 6.07) is -0.446. The Kier molecular flexibility index (Phi) is 4.97. The van der Waals surface area contributed by atoms with E-state index in [4.69, 9.17) is 11.5 Å². The van der Waals surface area contributed by atoms with Crippen LogP contribution in [0, 0.1) is 17.8 Å². The van der Waals surface area contributed by atoms with Crippen LogP contribution in [-0.4, -0.2) is 66.0 Å². The highest BCUT2D eigenvalue weighted by Gasteiger charge is 2.42. The summed E-state index contributed by atoms with van der Waals surface area (Å²) in [5.41, 5.74) is -0.643. The van der Waals surface area contributed by atoms with Crippen LogP contribution in [0.4, 0.5) is 4.79 Å². The van der Waals surface area contributed by atoms with Gasteiger partial charge in [0.25, 0.3) is 0 Å². The molecule has 1 saturated heterocycles. The molecule has 0 radical (unpaired) electrons. The van der Waals surface area contributed by atoms with Gasteiger partial charge in [-0.05, 0) is 13.3 Å². The fourth-order valence-electron chi connectivity index (χ4n) is 2.28. The number of urea groups is 1. The highest BCUT2D eigenvalue weighted by Crippen LogP contribution is 2.30. The number of terminal acetylenes is 1. The number of hydrogen-bond acceptors (Lipinski definition) is 3. The molecule has 0 spiro atoms. The number of carbonyl (C=O) groups is 3. The molecule has 1 atom stereocenters. The molecule has 7 heteroatoms. The van der Waals surface area contributed by atoms with E-state index in [0.29, 0.717) is 13.0 Å². The predicted octanol–water partition coefficient (Wildman–Crippen LogP) is -0.416. The van der Waals surface area contributed by atoms with Crippen molar-refractivity contribution in [2.45, 2.75) is 13.3 Å². The molecule has 0 aromatic heterocycles. The minimum absolute atomic E-state index is 0.0711. The van der Waals surface area contributed by atoms with E-state index < -0.39 is 24.0 Å². The molecular weight excluding hydrogens is 262 g/mol. The summed E-state index contributed by atoms with van der Waals surface area (Å²) in [6.45, 7) is 1.92. The summed E-state index contributed by atoms with van der Waals surface area (Å²) in [5, 5.41) is 11.4. The number of nitrogens with one attached hydrogen (secondary N) is 1. The first-order valence-corrected chi connectivity index (χ1v) is 6.25. The van der Waals surface area contributed by atoms with Gasteiger partial charge in [-0.2, -0.15) is 0 Å². The van der Waals surface area contributed by atoms with E-state index in [9.17, 15) is 14.4 Å². The van der Waals surface area contributed by atoms with Gasteiger partial charge >= 0.3 is 12.0 Å². The van der Waals surface area contributed by atoms with E-state index in [-0.39, 0.29) is 19.0 Å². The van der Waals surface area contributed by atoms with Gasteiger partial charge in [0, 0.05) is 20.1 Å². The quantitative estimate of drug-likeness (QED) is 0.685. The van der Waals surface area contributed by atoms with Gasteiger partial charge in [-0.1, -0.05) is 5.92 Å².